The number of carbonyl (C=O) groups excluding carboxylic acids is 1. The van der Waals surface area contributed by atoms with Crippen LogP contribution in [0.1, 0.15) is 25.3 Å². The van der Waals surface area contributed by atoms with E-state index in [1.54, 1.807) is 37.3 Å². The van der Waals surface area contributed by atoms with Crippen molar-refractivity contribution < 1.29 is 17.9 Å². The Bertz CT molecular complexity index is 956. The van der Waals surface area contributed by atoms with E-state index in [-0.39, 0.29) is 17.2 Å². The number of anilines is 1. The van der Waals surface area contributed by atoms with Gasteiger partial charge in [0.15, 0.2) is 0 Å². The van der Waals surface area contributed by atoms with Crippen molar-refractivity contribution in [2.45, 2.75) is 31.1 Å². The molecule has 0 atom stereocenters. The molecule has 8 heteroatoms. The van der Waals surface area contributed by atoms with Gasteiger partial charge in [0.05, 0.1) is 13.0 Å². The summed E-state index contributed by atoms with van der Waals surface area (Å²) >= 11 is 6.10. The Balaban J connectivity index is 1.84. The second kappa shape index (κ2) is 8.94. The second-order valence-corrected chi connectivity index (χ2v) is 8.84. The average Bonchev–Trinajstić information content (AvgIpc) is 3.20. The Labute approximate surface area is 170 Å². The molecule has 1 heterocycles. The second-order valence-electron chi connectivity index (χ2n) is 6.52. The van der Waals surface area contributed by atoms with Crippen LogP contribution < -0.4 is 10.1 Å². The van der Waals surface area contributed by atoms with Gasteiger partial charge in [-0.25, -0.2) is 8.42 Å². The third kappa shape index (κ3) is 4.66. The first-order valence-corrected chi connectivity index (χ1v) is 11.0. The van der Waals surface area contributed by atoms with Crippen LogP contribution in [-0.4, -0.2) is 38.3 Å². The molecule has 0 bridgehead atoms. The fourth-order valence-electron chi connectivity index (χ4n) is 3.15. The predicted molar refractivity (Wildman–Crippen MR) is 109 cm³/mol. The van der Waals surface area contributed by atoms with E-state index in [4.69, 9.17) is 16.3 Å². The molecule has 1 fully saturated rings. The number of benzene rings is 2. The highest BCUT2D eigenvalue weighted by molar-refractivity contribution is 7.89. The fraction of sp³-hybridized carbons (Fsp3) is 0.350. The molecule has 0 unspecified atom stereocenters. The molecular formula is C20H23ClN2O4S. The van der Waals surface area contributed by atoms with Crippen LogP contribution in [0.2, 0.25) is 5.02 Å². The average molecular weight is 423 g/mol. The molecule has 1 saturated heterocycles. The molecule has 0 spiro atoms. The van der Waals surface area contributed by atoms with Gasteiger partial charge in [0.2, 0.25) is 15.9 Å². The Kier molecular flexibility index (Phi) is 6.59. The lowest BCUT2D eigenvalue weighted by Crippen LogP contribution is -2.28. The number of rotatable bonds is 7. The highest BCUT2D eigenvalue weighted by Crippen LogP contribution is 2.31. The lowest BCUT2D eigenvalue weighted by atomic mass is 10.1. The number of nitrogens with zero attached hydrogens (tertiary/aromatic N) is 1. The molecule has 2 aromatic carbocycles. The number of amides is 1. The van der Waals surface area contributed by atoms with Crippen LogP contribution in [0.15, 0.2) is 47.4 Å². The third-order valence-electron chi connectivity index (χ3n) is 4.52. The van der Waals surface area contributed by atoms with E-state index in [1.807, 2.05) is 6.07 Å². The van der Waals surface area contributed by atoms with Gasteiger partial charge < -0.3 is 10.1 Å². The zero-order valence-corrected chi connectivity index (χ0v) is 17.2. The number of carbonyl (C=O) groups is 1. The van der Waals surface area contributed by atoms with Crippen molar-refractivity contribution in [1.29, 1.82) is 0 Å². The number of halogens is 1. The molecule has 0 saturated carbocycles. The Hall–Kier alpha value is -2.09. The molecule has 1 amide bonds. The smallest absolute Gasteiger partial charge is 0.246 e. The summed E-state index contributed by atoms with van der Waals surface area (Å²) in [6, 6.07) is 11.8. The predicted octanol–water partition coefficient (Wildman–Crippen LogP) is 3.70. The van der Waals surface area contributed by atoms with Crippen LogP contribution >= 0.6 is 11.6 Å². The quantitative estimate of drug-likeness (QED) is 0.738. The molecule has 3 rings (SSSR count). The van der Waals surface area contributed by atoms with E-state index in [9.17, 15) is 13.2 Å². The zero-order valence-electron chi connectivity index (χ0n) is 15.7. The van der Waals surface area contributed by atoms with Crippen molar-refractivity contribution >= 4 is 33.2 Å². The maximum absolute atomic E-state index is 13.0. The van der Waals surface area contributed by atoms with Crippen LogP contribution in [0.3, 0.4) is 0 Å². The summed E-state index contributed by atoms with van der Waals surface area (Å²) in [5.41, 5.74) is 1.11. The Morgan fingerprint density at radius 1 is 1.18 bits per heavy atom. The summed E-state index contributed by atoms with van der Waals surface area (Å²) in [6.45, 7) is 3.14. The van der Waals surface area contributed by atoms with E-state index >= 15 is 0 Å². The standard InChI is InChI=1S/C20H23ClN2O4S/c1-2-27-18-10-9-16(14-19(18)28(25,26)23-11-5-6-12-23)22-20(24)13-15-7-3-4-8-17(15)21/h3-4,7-10,14H,2,5-6,11-13H2,1H3,(H,22,24). The molecule has 1 aliphatic rings. The van der Waals surface area contributed by atoms with E-state index in [2.05, 4.69) is 5.32 Å². The molecular weight excluding hydrogens is 400 g/mol. The number of sulfonamides is 1. The Morgan fingerprint density at radius 2 is 1.89 bits per heavy atom. The molecule has 28 heavy (non-hydrogen) atoms. The van der Waals surface area contributed by atoms with Crippen LogP contribution in [0.5, 0.6) is 5.75 Å². The van der Waals surface area contributed by atoms with Gasteiger partial charge >= 0.3 is 0 Å². The van der Waals surface area contributed by atoms with Crippen molar-refractivity contribution in [2.24, 2.45) is 0 Å². The van der Waals surface area contributed by atoms with E-state index < -0.39 is 10.0 Å². The first kappa shape index (κ1) is 20.6. The van der Waals surface area contributed by atoms with E-state index in [0.29, 0.717) is 41.7 Å². The monoisotopic (exact) mass is 422 g/mol. The van der Waals surface area contributed by atoms with Crippen LogP contribution in [0, 0.1) is 0 Å². The van der Waals surface area contributed by atoms with Crippen molar-refractivity contribution in [3.05, 3.63) is 53.1 Å². The van der Waals surface area contributed by atoms with Gasteiger partial charge in [-0.1, -0.05) is 29.8 Å². The van der Waals surface area contributed by atoms with Gasteiger partial charge in [0, 0.05) is 23.8 Å². The lowest BCUT2D eigenvalue weighted by Gasteiger charge is -2.19. The summed E-state index contributed by atoms with van der Waals surface area (Å²) in [5.74, 6) is 0.0142. The summed E-state index contributed by atoms with van der Waals surface area (Å²) < 4.78 is 33.0. The topological polar surface area (TPSA) is 75.7 Å². The van der Waals surface area contributed by atoms with Crippen molar-refractivity contribution in [3.63, 3.8) is 0 Å². The van der Waals surface area contributed by atoms with E-state index in [1.165, 1.54) is 10.4 Å². The molecule has 0 aliphatic carbocycles. The minimum atomic E-state index is -3.68. The van der Waals surface area contributed by atoms with Crippen molar-refractivity contribution in [2.75, 3.05) is 25.0 Å². The molecule has 6 nitrogen and oxygen atoms in total. The van der Waals surface area contributed by atoms with Crippen molar-refractivity contribution in [1.82, 2.24) is 4.31 Å². The van der Waals surface area contributed by atoms with Crippen LogP contribution in [0.25, 0.3) is 0 Å². The molecule has 0 aromatic heterocycles. The van der Waals surface area contributed by atoms with Crippen LogP contribution in [0.4, 0.5) is 5.69 Å². The number of hydrogen-bond acceptors (Lipinski definition) is 4. The summed E-state index contributed by atoms with van der Waals surface area (Å²) in [7, 11) is -3.68. The highest BCUT2D eigenvalue weighted by atomic mass is 35.5. The van der Waals surface area contributed by atoms with Gasteiger partial charge in [-0.3, -0.25) is 4.79 Å². The first-order valence-electron chi connectivity index (χ1n) is 9.22. The Morgan fingerprint density at radius 3 is 2.57 bits per heavy atom. The van der Waals surface area contributed by atoms with Crippen molar-refractivity contribution in [3.8, 4) is 5.75 Å². The largest absolute Gasteiger partial charge is 0.492 e. The molecule has 2 aromatic rings. The minimum Gasteiger partial charge on any atom is -0.492 e. The van der Waals surface area contributed by atoms with E-state index in [0.717, 1.165) is 12.8 Å². The van der Waals surface area contributed by atoms with Gasteiger partial charge in [-0.2, -0.15) is 4.31 Å². The maximum Gasteiger partial charge on any atom is 0.246 e. The molecule has 150 valence electrons. The fourth-order valence-corrected chi connectivity index (χ4v) is 5.03. The maximum atomic E-state index is 13.0. The van der Waals surface area contributed by atoms with Gasteiger partial charge in [-0.15, -0.1) is 0 Å². The molecule has 1 aliphatic heterocycles. The van der Waals surface area contributed by atoms with Gasteiger partial charge in [0.25, 0.3) is 0 Å². The first-order chi connectivity index (χ1) is 13.4. The normalized spacial score (nSPS) is 14.8. The summed E-state index contributed by atoms with van der Waals surface area (Å²) in [5, 5.41) is 3.27. The zero-order chi connectivity index (χ0) is 20.1. The highest BCUT2D eigenvalue weighted by Gasteiger charge is 2.30. The minimum absolute atomic E-state index is 0.0757. The molecule has 0 radical (unpaired) electrons. The third-order valence-corrected chi connectivity index (χ3v) is 6.81. The number of nitrogens with one attached hydrogen (secondary N) is 1. The number of hydrogen-bond donors (Lipinski definition) is 1. The SMILES string of the molecule is CCOc1ccc(NC(=O)Cc2ccccc2Cl)cc1S(=O)(=O)N1CCCC1. The van der Waals surface area contributed by atoms with Crippen LogP contribution in [-0.2, 0) is 21.2 Å². The lowest BCUT2D eigenvalue weighted by molar-refractivity contribution is -0.115. The number of ether oxygens (including phenoxy) is 1. The van der Waals surface area contributed by atoms with Gasteiger partial charge in [-0.05, 0) is 49.6 Å². The summed E-state index contributed by atoms with van der Waals surface area (Å²) in [6.07, 6.45) is 1.79. The summed E-state index contributed by atoms with van der Waals surface area (Å²) in [4.78, 5) is 12.5. The van der Waals surface area contributed by atoms with Gasteiger partial charge in [0.1, 0.15) is 10.6 Å². The molecule has 1 N–H and O–H groups in total.